The highest BCUT2D eigenvalue weighted by Gasteiger charge is 1.98. The molecule has 0 atom stereocenters. The summed E-state index contributed by atoms with van der Waals surface area (Å²) in [5.74, 6) is 1.65. The molecule has 0 bridgehead atoms. The van der Waals surface area contributed by atoms with Crippen LogP contribution in [-0.4, -0.2) is 13.2 Å². The van der Waals surface area contributed by atoms with Crippen molar-refractivity contribution in [2.45, 2.75) is 13.2 Å². The van der Waals surface area contributed by atoms with E-state index in [-0.39, 0.29) is 0 Å². The molecule has 0 unspecified atom stereocenters. The first-order chi connectivity index (χ1) is 12.4. The van der Waals surface area contributed by atoms with Crippen molar-refractivity contribution in [1.29, 1.82) is 0 Å². The van der Waals surface area contributed by atoms with Crippen molar-refractivity contribution in [2.75, 3.05) is 13.2 Å². The highest BCUT2D eigenvalue weighted by atomic mass is 16.5. The Morgan fingerprint density at radius 1 is 0.480 bits per heavy atom. The summed E-state index contributed by atoms with van der Waals surface area (Å²) in [5, 5.41) is 0. The zero-order valence-electron chi connectivity index (χ0n) is 14.1. The summed E-state index contributed by atoms with van der Waals surface area (Å²) in [4.78, 5) is 0. The van der Waals surface area contributed by atoms with Gasteiger partial charge >= 0.3 is 0 Å². The van der Waals surface area contributed by atoms with Crippen LogP contribution in [0.15, 0.2) is 84.9 Å². The molecule has 0 radical (unpaired) electrons. The first kappa shape index (κ1) is 17.1. The van der Waals surface area contributed by atoms with Gasteiger partial charge in [0.25, 0.3) is 0 Å². The quantitative estimate of drug-likeness (QED) is 0.523. The Hall–Kier alpha value is -2.78. The van der Waals surface area contributed by atoms with Crippen molar-refractivity contribution in [3.8, 4) is 11.5 Å². The minimum absolute atomic E-state index is 0.525. The van der Waals surface area contributed by atoms with Gasteiger partial charge in [0, 0.05) is 0 Å². The van der Waals surface area contributed by atoms with E-state index < -0.39 is 0 Å². The lowest BCUT2D eigenvalue weighted by Crippen LogP contribution is -2.06. The Bertz CT molecular complexity index is 724. The summed E-state index contributed by atoms with van der Waals surface area (Å²) in [7, 11) is 0. The second-order valence-electron chi connectivity index (χ2n) is 5.63. The average molecular weight is 334 g/mol. The van der Waals surface area contributed by atoms with Crippen molar-refractivity contribution in [3.63, 3.8) is 0 Å². The minimum Gasteiger partial charge on any atom is -0.491 e. The molecule has 0 fully saturated rings. The maximum atomic E-state index is 5.76. The van der Waals surface area contributed by atoms with E-state index in [1.54, 1.807) is 0 Å². The lowest BCUT2D eigenvalue weighted by molar-refractivity contribution is 0.0889. The van der Waals surface area contributed by atoms with E-state index in [4.69, 9.17) is 14.2 Å². The van der Waals surface area contributed by atoms with Crippen molar-refractivity contribution >= 4 is 0 Å². The van der Waals surface area contributed by atoms with Gasteiger partial charge in [-0.25, -0.2) is 0 Å². The number of ether oxygens (including phenoxy) is 3. The van der Waals surface area contributed by atoms with Gasteiger partial charge in [0.2, 0.25) is 0 Å². The SMILES string of the molecule is c1ccc(COCCOc2ccc(OCc3ccccc3)cc2)cc1. The van der Waals surface area contributed by atoms with Crippen molar-refractivity contribution in [1.82, 2.24) is 0 Å². The molecule has 0 aliphatic rings. The highest BCUT2D eigenvalue weighted by molar-refractivity contribution is 5.31. The molecule has 0 spiro atoms. The Balaban J connectivity index is 1.35. The third kappa shape index (κ3) is 5.98. The molecule has 0 aliphatic heterocycles. The van der Waals surface area contributed by atoms with Crippen LogP contribution in [0.2, 0.25) is 0 Å². The van der Waals surface area contributed by atoms with Crippen LogP contribution in [0.5, 0.6) is 11.5 Å². The Morgan fingerprint density at radius 3 is 1.60 bits per heavy atom. The highest BCUT2D eigenvalue weighted by Crippen LogP contribution is 2.18. The topological polar surface area (TPSA) is 27.7 Å². The molecule has 0 heterocycles. The van der Waals surface area contributed by atoms with Crippen LogP contribution >= 0.6 is 0 Å². The fourth-order valence-electron chi connectivity index (χ4n) is 2.36. The van der Waals surface area contributed by atoms with Gasteiger partial charge in [-0.05, 0) is 35.4 Å². The molecule has 25 heavy (non-hydrogen) atoms. The van der Waals surface area contributed by atoms with Crippen molar-refractivity contribution in [3.05, 3.63) is 96.1 Å². The van der Waals surface area contributed by atoms with E-state index in [0.717, 1.165) is 17.1 Å². The lowest BCUT2D eigenvalue weighted by atomic mass is 10.2. The maximum Gasteiger partial charge on any atom is 0.120 e. The summed E-state index contributed by atoms with van der Waals surface area (Å²) in [6, 6.07) is 27.9. The number of benzene rings is 3. The van der Waals surface area contributed by atoms with Crippen LogP contribution in [0.25, 0.3) is 0 Å². The van der Waals surface area contributed by atoms with Crippen LogP contribution in [0, 0.1) is 0 Å². The predicted molar refractivity (Wildman–Crippen MR) is 98.8 cm³/mol. The fraction of sp³-hybridized carbons (Fsp3) is 0.182. The molecule has 0 amide bonds. The second-order valence-corrected chi connectivity index (χ2v) is 5.63. The predicted octanol–water partition coefficient (Wildman–Crippen LogP) is 4.86. The Labute approximate surface area is 148 Å². The molecular weight excluding hydrogens is 312 g/mol. The number of rotatable bonds is 9. The number of hydrogen-bond donors (Lipinski definition) is 0. The summed E-state index contributed by atoms with van der Waals surface area (Å²) < 4.78 is 17.0. The fourth-order valence-corrected chi connectivity index (χ4v) is 2.36. The van der Waals surface area contributed by atoms with E-state index in [1.807, 2.05) is 72.8 Å². The summed E-state index contributed by atoms with van der Waals surface area (Å²) in [5.41, 5.74) is 2.32. The van der Waals surface area contributed by atoms with E-state index in [0.29, 0.717) is 26.4 Å². The standard InChI is InChI=1S/C22H22O3/c1-3-7-19(8-4-1)17-23-15-16-24-21-11-13-22(14-12-21)25-18-20-9-5-2-6-10-20/h1-14H,15-18H2. The number of hydrogen-bond acceptors (Lipinski definition) is 3. The molecule has 3 heteroatoms. The molecule has 0 aromatic heterocycles. The Morgan fingerprint density at radius 2 is 1.00 bits per heavy atom. The third-order valence-electron chi connectivity index (χ3n) is 3.68. The molecule has 0 saturated heterocycles. The van der Waals surface area contributed by atoms with E-state index in [1.165, 1.54) is 5.56 Å². The molecule has 0 N–H and O–H groups in total. The molecule has 0 saturated carbocycles. The van der Waals surface area contributed by atoms with Gasteiger partial charge in [0.1, 0.15) is 24.7 Å². The smallest absolute Gasteiger partial charge is 0.120 e. The van der Waals surface area contributed by atoms with Gasteiger partial charge < -0.3 is 14.2 Å². The van der Waals surface area contributed by atoms with Gasteiger partial charge in [-0.1, -0.05) is 60.7 Å². The molecule has 128 valence electrons. The lowest BCUT2D eigenvalue weighted by Gasteiger charge is -2.09. The van der Waals surface area contributed by atoms with Gasteiger partial charge in [-0.3, -0.25) is 0 Å². The zero-order chi connectivity index (χ0) is 17.2. The van der Waals surface area contributed by atoms with Crippen LogP contribution in [0.4, 0.5) is 0 Å². The van der Waals surface area contributed by atoms with Crippen LogP contribution in [0.3, 0.4) is 0 Å². The molecule has 3 aromatic carbocycles. The Kier molecular flexibility index (Phi) is 6.48. The minimum atomic E-state index is 0.525. The van der Waals surface area contributed by atoms with E-state index in [9.17, 15) is 0 Å². The second kappa shape index (κ2) is 9.50. The maximum absolute atomic E-state index is 5.76. The third-order valence-corrected chi connectivity index (χ3v) is 3.68. The molecule has 3 rings (SSSR count). The molecular formula is C22H22O3. The van der Waals surface area contributed by atoms with Crippen LogP contribution in [-0.2, 0) is 18.0 Å². The van der Waals surface area contributed by atoms with Gasteiger partial charge in [-0.15, -0.1) is 0 Å². The summed E-state index contributed by atoms with van der Waals surface area (Å²) >= 11 is 0. The molecule has 0 aliphatic carbocycles. The van der Waals surface area contributed by atoms with Crippen molar-refractivity contribution < 1.29 is 14.2 Å². The van der Waals surface area contributed by atoms with Crippen LogP contribution in [0.1, 0.15) is 11.1 Å². The summed E-state index contributed by atoms with van der Waals surface area (Å²) in [6.07, 6.45) is 0. The van der Waals surface area contributed by atoms with Crippen molar-refractivity contribution in [2.24, 2.45) is 0 Å². The first-order valence-corrected chi connectivity index (χ1v) is 8.41. The largest absolute Gasteiger partial charge is 0.491 e. The van der Waals surface area contributed by atoms with E-state index in [2.05, 4.69) is 12.1 Å². The first-order valence-electron chi connectivity index (χ1n) is 8.41. The molecule has 3 nitrogen and oxygen atoms in total. The van der Waals surface area contributed by atoms with Crippen LogP contribution < -0.4 is 9.47 Å². The molecule has 3 aromatic rings. The normalized spacial score (nSPS) is 10.4. The van der Waals surface area contributed by atoms with Gasteiger partial charge in [0.05, 0.1) is 13.2 Å². The monoisotopic (exact) mass is 334 g/mol. The zero-order valence-corrected chi connectivity index (χ0v) is 14.1. The average Bonchev–Trinajstić information content (AvgIpc) is 2.69. The van der Waals surface area contributed by atoms with Gasteiger partial charge in [0.15, 0.2) is 0 Å². The van der Waals surface area contributed by atoms with Gasteiger partial charge in [-0.2, -0.15) is 0 Å². The summed E-state index contributed by atoms with van der Waals surface area (Å²) in [6.45, 7) is 2.25. The van der Waals surface area contributed by atoms with E-state index >= 15 is 0 Å².